The van der Waals surface area contributed by atoms with E-state index in [2.05, 4.69) is 23.1 Å². The highest BCUT2D eigenvalue weighted by Crippen LogP contribution is 2.53. The fraction of sp³-hybridized carbons (Fsp3) is 0.556. The van der Waals surface area contributed by atoms with Crippen LogP contribution >= 0.6 is 0 Å². The highest BCUT2D eigenvalue weighted by molar-refractivity contribution is 5.55. The Labute approximate surface area is 131 Å². The van der Waals surface area contributed by atoms with Crippen molar-refractivity contribution in [2.45, 2.75) is 37.3 Å². The van der Waals surface area contributed by atoms with Gasteiger partial charge in [-0.3, -0.25) is 4.90 Å². The van der Waals surface area contributed by atoms with Crippen LogP contribution in [0.4, 0.5) is 0 Å². The Bertz CT molecular complexity index is 639. The smallest absolute Gasteiger partial charge is 0.161 e. The summed E-state index contributed by atoms with van der Waals surface area (Å²) in [6, 6.07) is 4.26. The summed E-state index contributed by atoms with van der Waals surface area (Å²) >= 11 is 0. The Morgan fingerprint density at radius 1 is 1.18 bits per heavy atom. The van der Waals surface area contributed by atoms with Crippen LogP contribution in [0.25, 0.3) is 0 Å². The summed E-state index contributed by atoms with van der Waals surface area (Å²) in [5.41, 5.74) is 3.99. The number of aliphatic hydroxyl groups is 1. The number of fused-ring (bicyclic) bond motifs is 1. The molecule has 1 aliphatic carbocycles. The minimum atomic E-state index is -0.225. The lowest BCUT2D eigenvalue weighted by molar-refractivity contribution is 0.0362. The number of nitrogens with zero attached hydrogens (tertiary/aromatic N) is 1. The third-order valence-corrected chi connectivity index (χ3v) is 5.61. The monoisotopic (exact) mass is 301 g/mol. The molecule has 4 rings (SSSR count). The lowest BCUT2D eigenvalue weighted by atomic mass is 9.69. The van der Waals surface area contributed by atoms with Gasteiger partial charge in [-0.1, -0.05) is 6.08 Å². The van der Waals surface area contributed by atoms with E-state index in [4.69, 9.17) is 9.47 Å². The van der Waals surface area contributed by atoms with Gasteiger partial charge in [0.1, 0.15) is 0 Å². The van der Waals surface area contributed by atoms with Crippen LogP contribution in [-0.4, -0.2) is 43.4 Å². The second-order valence-electron chi connectivity index (χ2n) is 6.55. The highest BCUT2D eigenvalue weighted by Gasteiger charge is 2.51. The van der Waals surface area contributed by atoms with Crippen LogP contribution in [-0.2, 0) is 12.0 Å². The largest absolute Gasteiger partial charge is 0.493 e. The van der Waals surface area contributed by atoms with Crippen LogP contribution in [0.15, 0.2) is 23.8 Å². The molecule has 0 amide bonds. The SMILES string of the molecule is COc1cc2c(cc1OC)C13CC(O)CCC1=CCN3CC2. The molecule has 1 saturated carbocycles. The maximum Gasteiger partial charge on any atom is 0.161 e. The van der Waals surface area contributed by atoms with Crippen LogP contribution in [0.2, 0.25) is 0 Å². The number of hydrogen-bond acceptors (Lipinski definition) is 4. The molecule has 2 atom stereocenters. The molecule has 0 radical (unpaired) electrons. The van der Waals surface area contributed by atoms with Crippen LogP contribution in [0.5, 0.6) is 11.5 Å². The molecule has 1 spiro atoms. The van der Waals surface area contributed by atoms with Crippen LogP contribution < -0.4 is 9.47 Å². The standard InChI is InChI=1S/C18H23NO3/c1-21-16-9-12-5-7-19-8-6-13-3-4-14(20)11-18(13,19)15(12)10-17(16)22-2/h6,9-10,14,20H,3-5,7-8,11H2,1-2H3. The third kappa shape index (κ3) is 1.77. The first-order chi connectivity index (χ1) is 10.7. The minimum absolute atomic E-state index is 0.120. The van der Waals surface area contributed by atoms with Crippen molar-refractivity contribution in [1.29, 1.82) is 0 Å². The zero-order valence-electron chi connectivity index (χ0n) is 13.3. The Balaban J connectivity index is 1.91. The number of aliphatic hydroxyl groups excluding tert-OH is 1. The second-order valence-corrected chi connectivity index (χ2v) is 6.55. The molecule has 4 heteroatoms. The first-order valence-corrected chi connectivity index (χ1v) is 8.07. The van der Waals surface area contributed by atoms with E-state index in [0.717, 1.165) is 50.3 Å². The Morgan fingerprint density at radius 3 is 2.73 bits per heavy atom. The van der Waals surface area contributed by atoms with Gasteiger partial charge in [-0.05, 0) is 54.5 Å². The van der Waals surface area contributed by atoms with Gasteiger partial charge in [0.25, 0.3) is 0 Å². The summed E-state index contributed by atoms with van der Waals surface area (Å²) in [5.74, 6) is 1.58. The third-order valence-electron chi connectivity index (χ3n) is 5.61. The van der Waals surface area contributed by atoms with E-state index < -0.39 is 0 Å². The predicted octanol–water partition coefficient (Wildman–Crippen LogP) is 2.24. The average Bonchev–Trinajstić information content (AvgIpc) is 2.92. The van der Waals surface area contributed by atoms with Gasteiger partial charge in [0.2, 0.25) is 0 Å². The molecule has 2 aliphatic heterocycles. The molecule has 118 valence electrons. The molecular formula is C18H23NO3. The summed E-state index contributed by atoms with van der Waals surface area (Å²) < 4.78 is 11.0. The summed E-state index contributed by atoms with van der Waals surface area (Å²) in [5, 5.41) is 10.3. The number of hydrogen-bond donors (Lipinski definition) is 1. The molecule has 1 aromatic rings. The lowest BCUT2D eigenvalue weighted by Gasteiger charge is -2.49. The number of rotatable bonds is 2. The zero-order valence-corrected chi connectivity index (χ0v) is 13.3. The summed E-state index contributed by atoms with van der Waals surface area (Å²) in [6.45, 7) is 2.03. The molecule has 2 unspecified atom stereocenters. The van der Waals surface area contributed by atoms with Gasteiger partial charge >= 0.3 is 0 Å². The quantitative estimate of drug-likeness (QED) is 0.851. The van der Waals surface area contributed by atoms with Crippen molar-refractivity contribution in [3.63, 3.8) is 0 Å². The maximum absolute atomic E-state index is 10.3. The van der Waals surface area contributed by atoms with Crippen LogP contribution in [0.3, 0.4) is 0 Å². The van der Waals surface area contributed by atoms with Crippen LogP contribution in [0.1, 0.15) is 30.4 Å². The van der Waals surface area contributed by atoms with Crippen molar-refractivity contribution in [3.8, 4) is 11.5 Å². The molecule has 3 aliphatic rings. The number of ether oxygens (including phenoxy) is 2. The highest BCUT2D eigenvalue weighted by atomic mass is 16.5. The van der Waals surface area contributed by atoms with Gasteiger partial charge in [0.15, 0.2) is 11.5 Å². The van der Waals surface area contributed by atoms with Crippen molar-refractivity contribution in [2.75, 3.05) is 27.3 Å². The number of methoxy groups -OCH3 is 2. The molecule has 0 bridgehead atoms. The predicted molar refractivity (Wildman–Crippen MR) is 84.4 cm³/mol. The van der Waals surface area contributed by atoms with Crippen molar-refractivity contribution >= 4 is 0 Å². The van der Waals surface area contributed by atoms with E-state index in [1.165, 1.54) is 16.7 Å². The van der Waals surface area contributed by atoms with Crippen molar-refractivity contribution < 1.29 is 14.6 Å². The van der Waals surface area contributed by atoms with Crippen molar-refractivity contribution in [2.24, 2.45) is 0 Å². The second kappa shape index (κ2) is 5.00. The molecule has 4 nitrogen and oxygen atoms in total. The molecule has 2 heterocycles. The molecule has 1 fully saturated rings. The van der Waals surface area contributed by atoms with E-state index in [1.54, 1.807) is 14.2 Å². The molecular weight excluding hydrogens is 278 g/mol. The first-order valence-electron chi connectivity index (χ1n) is 8.07. The van der Waals surface area contributed by atoms with Gasteiger partial charge < -0.3 is 14.6 Å². The maximum atomic E-state index is 10.3. The van der Waals surface area contributed by atoms with Gasteiger partial charge in [-0.2, -0.15) is 0 Å². The van der Waals surface area contributed by atoms with E-state index in [1.807, 2.05) is 0 Å². The van der Waals surface area contributed by atoms with Crippen LogP contribution in [0, 0.1) is 0 Å². The number of benzene rings is 1. The lowest BCUT2D eigenvalue weighted by Crippen LogP contribution is -2.52. The fourth-order valence-electron chi connectivity index (χ4n) is 4.59. The molecule has 0 saturated heterocycles. The zero-order chi connectivity index (χ0) is 15.3. The first kappa shape index (κ1) is 14.1. The Hall–Kier alpha value is -1.52. The fourth-order valence-corrected chi connectivity index (χ4v) is 4.59. The average molecular weight is 301 g/mol. The summed E-state index contributed by atoms with van der Waals surface area (Å²) in [6.07, 6.45) is 5.83. The van der Waals surface area contributed by atoms with E-state index in [9.17, 15) is 5.11 Å². The molecule has 22 heavy (non-hydrogen) atoms. The Morgan fingerprint density at radius 2 is 1.95 bits per heavy atom. The van der Waals surface area contributed by atoms with Gasteiger partial charge in [0.05, 0.1) is 25.9 Å². The van der Waals surface area contributed by atoms with E-state index in [-0.39, 0.29) is 11.6 Å². The van der Waals surface area contributed by atoms with Crippen molar-refractivity contribution in [1.82, 2.24) is 4.90 Å². The summed E-state index contributed by atoms with van der Waals surface area (Å²) in [4.78, 5) is 2.53. The topological polar surface area (TPSA) is 41.9 Å². The molecule has 1 N–H and O–H groups in total. The van der Waals surface area contributed by atoms with Gasteiger partial charge in [-0.15, -0.1) is 0 Å². The minimum Gasteiger partial charge on any atom is -0.493 e. The van der Waals surface area contributed by atoms with E-state index >= 15 is 0 Å². The van der Waals surface area contributed by atoms with E-state index in [0.29, 0.717) is 0 Å². The normalized spacial score (nSPS) is 30.1. The Kier molecular flexibility index (Phi) is 3.20. The van der Waals surface area contributed by atoms with Gasteiger partial charge in [-0.25, -0.2) is 0 Å². The van der Waals surface area contributed by atoms with Gasteiger partial charge in [0, 0.05) is 13.1 Å². The molecule has 0 aromatic heterocycles. The molecule has 1 aromatic carbocycles. The van der Waals surface area contributed by atoms with Crippen molar-refractivity contribution in [3.05, 3.63) is 34.9 Å². The summed E-state index contributed by atoms with van der Waals surface area (Å²) in [7, 11) is 3.37.